The van der Waals surface area contributed by atoms with E-state index < -0.39 is 12.0 Å². The van der Waals surface area contributed by atoms with Gasteiger partial charge >= 0.3 is 5.97 Å². The number of piperidine rings is 1. The number of hydrogen-bond donors (Lipinski definition) is 3. The Hall–Kier alpha value is -2.93. The number of hydrogen-bond acceptors (Lipinski definition) is 5. The van der Waals surface area contributed by atoms with Crippen molar-refractivity contribution in [3.8, 4) is 0 Å². The summed E-state index contributed by atoms with van der Waals surface area (Å²) >= 11 is 0. The van der Waals surface area contributed by atoms with Crippen LogP contribution in [0.5, 0.6) is 0 Å². The minimum atomic E-state index is -0.892. The number of carbonyl (C=O) groups is 2. The number of amides is 1. The topological polar surface area (TPSA) is 94.6 Å². The first kappa shape index (κ1) is 24.8. The molecule has 5 rings (SSSR count). The molecule has 2 aromatic rings. The summed E-state index contributed by atoms with van der Waals surface area (Å²) in [5.41, 5.74) is 6.00. The van der Waals surface area contributed by atoms with Crippen LogP contribution in [0.4, 0.5) is 5.82 Å². The Morgan fingerprint density at radius 2 is 1.92 bits per heavy atom. The highest BCUT2D eigenvalue weighted by atomic mass is 16.4. The molecule has 7 heteroatoms. The highest BCUT2D eigenvalue weighted by Gasteiger charge is 2.28. The molecule has 0 bridgehead atoms. The van der Waals surface area contributed by atoms with E-state index in [1.807, 2.05) is 6.07 Å². The van der Waals surface area contributed by atoms with E-state index in [1.165, 1.54) is 23.1 Å². The summed E-state index contributed by atoms with van der Waals surface area (Å²) in [7, 11) is 0. The molecule has 0 radical (unpaired) electrons. The number of rotatable bonds is 9. The van der Waals surface area contributed by atoms with Crippen LogP contribution in [0.1, 0.15) is 72.5 Å². The molecule has 1 aromatic carbocycles. The van der Waals surface area contributed by atoms with Crippen LogP contribution in [0.15, 0.2) is 30.3 Å². The van der Waals surface area contributed by atoms with E-state index in [4.69, 9.17) is 4.98 Å². The highest BCUT2D eigenvalue weighted by Crippen LogP contribution is 2.28. The van der Waals surface area contributed by atoms with Gasteiger partial charge in [0.2, 0.25) is 5.91 Å². The SMILES string of the molecule is O=C(O)C[C@@H](NC(=O)[C@@H]1CCCN(CCCc2ccc3c(n2)NCCC3)C1)c1ccc2c(c1)CCC2. The van der Waals surface area contributed by atoms with Gasteiger partial charge in [-0.2, -0.15) is 0 Å². The number of aromatic nitrogens is 1. The van der Waals surface area contributed by atoms with Crippen molar-refractivity contribution in [2.45, 2.75) is 70.3 Å². The van der Waals surface area contributed by atoms with Crippen molar-refractivity contribution in [3.63, 3.8) is 0 Å². The molecule has 36 heavy (non-hydrogen) atoms. The van der Waals surface area contributed by atoms with Gasteiger partial charge in [0.25, 0.3) is 0 Å². The van der Waals surface area contributed by atoms with Crippen LogP contribution in [0.2, 0.25) is 0 Å². The van der Waals surface area contributed by atoms with E-state index in [0.29, 0.717) is 0 Å². The third kappa shape index (κ3) is 6.06. The van der Waals surface area contributed by atoms with Crippen LogP contribution in [-0.2, 0) is 35.3 Å². The zero-order chi connectivity index (χ0) is 24.9. The fraction of sp³-hybridized carbons (Fsp3) is 0.552. The van der Waals surface area contributed by atoms with Gasteiger partial charge in [-0.15, -0.1) is 0 Å². The number of pyridine rings is 1. The third-order valence-corrected chi connectivity index (χ3v) is 7.96. The van der Waals surface area contributed by atoms with Gasteiger partial charge in [-0.25, -0.2) is 4.98 Å². The minimum Gasteiger partial charge on any atom is -0.481 e. The van der Waals surface area contributed by atoms with Gasteiger partial charge in [0, 0.05) is 18.8 Å². The molecule has 1 amide bonds. The number of likely N-dealkylation sites (tertiary alicyclic amines) is 1. The van der Waals surface area contributed by atoms with Crippen molar-refractivity contribution in [1.82, 2.24) is 15.2 Å². The summed E-state index contributed by atoms with van der Waals surface area (Å²) in [6.07, 6.45) is 9.23. The van der Waals surface area contributed by atoms with Crippen LogP contribution < -0.4 is 10.6 Å². The second-order valence-electron chi connectivity index (χ2n) is 10.6. The molecule has 1 saturated heterocycles. The largest absolute Gasteiger partial charge is 0.481 e. The molecule has 3 heterocycles. The third-order valence-electron chi connectivity index (χ3n) is 7.96. The maximum Gasteiger partial charge on any atom is 0.305 e. The summed E-state index contributed by atoms with van der Waals surface area (Å²) in [5, 5.41) is 16.0. The molecule has 0 saturated carbocycles. The molecule has 7 nitrogen and oxygen atoms in total. The predicted octanol–water partition coefficient (Wildman–Crippen LogP) is 3.91. The molecule has 3 N–H and O–H groups in total. The molecular weight excluding hydrogens is 452 g/mol. The first-order chi connectivity index (χ1) is 17.5. The number of benzene rings is 1. The summed E-state index contributed by atoms with van der Waals surface area (Å²) in [5.74, 6) is 0.0363. The average Bonchev–Trinajstić information content (AvgIpc) is 3.36. The van der Waals surface area contributed by atoms with Gasteiger partial charge in [-0.05, 0) is 99.2 Å². The first-order valence-electron chi connectivity index (χ1n) is 13.6. The lowest BCUT2D eigenvalue weighted by Crippen LogP contribution is -2.44. The Labute approximate surface area is 213 Å². The maximum atomic E-state index is 13.2. The minimum absolute atomic E-state index is 0.0196. The van der Waals surface area contributed by atoms with Crippen LogP contribution in [0.3, 0.4) is 0 Å². The van der Waals surface area contributed by atoms with Crippen molar-refractivity contribution in [2.75, 3.05) is 31.5 Å². The number of aryl methyl sites for hydroxylation is 4. The smallest absolute Gasteiger partial charge is 0.305 e. The first-order valence-corrected chi connectivity index (χ1v) is 13.6. The standard InChI is InChI=1S/C29H38N4O3/c34-27(35)18-26(23-11-10-20-5-1-6-22(20)17-23)32-29(36)24-8-3-15-33(19-24)16-4-9-25-13-12-21-7-2-14-30-28(21)31-25/h10-13,17,24,26H,1-9,14-16,18-19H2,(H,30,31)(H,32,36)(H,34,35)/t24-,26-/m1/s1. The average molecular weight is 491 g/mol. The van der Waals surface area contributed by atoms with Crippen LogP contribution >= 0.6 is 0 Å². The van der Waals surface area contributed by atoms with Gasteiger partial charge in [-0.3, -0.25) is 9.59 Å². The number of nitrogens with one attached hydrogen (secondary N) is 2. The van der Waals surface area contributed by atoms with E-state index in [0.717, 1.165) is 94.6 Å². The normalized spacial score (nSPS) is 20.2. The Morgan fingerprint density at radius 1 is 1.08 bits per heavy atom. The Bertz CT molecular complexity index is 1100. The molecule has 0 unspecified atom stereocenters. The summed E-state index contributed by atoms with van der Waals surface area (Å²) in [4.78, 5) is 32.0. The Kier molecular flexibility index (Phi) is 7.85. The van der Waals surface area contributed by atoms with Crippen molar-refractivity contribution in [1.29, 1.82) is 0 Å². The molecule has 1 aliphatic carbocycles. The second kappa shape index (κ2) is 11.4. The van der Waals surface area contributed by atoms with E-state index >= 15 is 0 Å². The van der Waals surface area contributed by atoms with Crippen LogP contribution in [0, 0.1) is 5.92 Å². The summed E-state index contributed by atoms with van der Waals surface area (Å²) in [6, 6.07) is 10.1. The fourth-order valence-corrected chi connectivity index (χ4v) is 5.99. The van der Waals surface area contributed by atoms with Crippen molar-refractivity contribution in [2.24, 2.45) is 5.92 Å². The molecule has 3 aliphatic rings. The number of carboxylic acid groups (broad SMARTS) is 1. The van der Waals surface area contributed by atoms with E-state index in [-0.39, 0.29) is 18.2 Å². The maximum absolute atomic E-state index is 13.2. The van der Waals surface area contributed by atoms with Crippen molar-refractivity contribution < 1.29 is 14.7 Å². The molecule has 0 spiro atoms. The number of aliphatic carboxylic acids is 1. The van der Waals surface area contributed by atoms with Gasteiger partial charge in [-0.1, -0.05) is 24.3 Å². The monoisotopic (exact) mass is 490 g/mol. The van der Waals surface area contributed by atoms with Gasteiger partial charge in [0.05, 0.1) is 18.4 Å². The lowest BCUT2D eigenvalue weighted by atomic mass is 9.94. The Morgan fingerprint density at radius 3 is 2.81 bits per heavy atom. The van der Waals surface area contributed by atoms with Crippen LogP contribution in [-0.4, -0.2) is 53.0 Å². The molecule has 2 aliphatic heterocycles. The zero-order valence-electron chi connectivity index (χ0n) is 21.1. The lowest BCUT2D eigenvalue weighted by Gasteiger charge is -2.33. The second-order valence-corrected chi connectivity index (χ2v) is 10.6. The van der Waals surface area contributed by atoms with Crippen LogP contribution in [0.25, 0.3) is 0 Å². The van der Waals surface area contributed by atoms with Crippen molar-refractivity contribution >= 4 is 17.7 Å². The predicted molar refractivity (Wildman–Crippen MR) is 140 cm³/mol. The number of anilines is 1. The zero-order valence-corrected chi connectivity index (χ0v) is 21.1. The summed E-state index contributed by atoms with van der Waals surface area (Å²) in [6.45, 7) is 3.68. The van der Waals surface area contributed by atoms with Gasteiger partial charge in [0.15, 0.2) is 0 Å². The number of carbonyl (C=O) groups excluding carboxylic acids is 1. The Balaban J connectivity index is 1.14. The van der Waals surface area contributed by atoms with Gasteiger partial charge in [0.1, 0.15) is 5.82 Å². The number of nitrogens with zero attached hydrogens (tertiary/aromatic N) is 2. The van der Waals surface area contributed by atoms with Crippen molar-refractivity contribution in [3.05, 3.63) is 58.3 Å². The van der Waals surface area contributed by atoms with E-state index in [2.05, 4.69) is 39.8 Å². The fourth-order valence-electron chi connectivity index (χ4n) is 5.99. The molecule has 1 aromatic heterocycles. The molecule has 1 fully saturated rings. The lowest BCUT2D eigenvalue weighted by molar-refractivity contribution is -0.138. The number of fused-ring (bicyclic) bond motifs is 2. The number of carboxylic acids is 1. The highest BCUT2D eigenvalue weighted by molar-refractivity contribution is 5.80. The molecular formula is C29H38N4O3. The molecule has 2 atom stereocenters. The quantitative estimate of drug-likeness (QED) is 0.494. The molecule has 192 valence electrons. The van der Waals surface area contributed by atoms with E-state index in [9.17, 15) is 14.7 Å². The van der Waals surface area contributed by atoms with Gasteiger partial charge < -0.3 is 20.6 Å². The summed E-state index contributed by atoms with van der Waals surface area (Å²) < 4.78 is 0. The van der Waals surface area contributed by atoms with E-state index in [1.54, 1.807) is 0 Å².